The lowest BCUT2D eigenvalue weighted by molar-refractivity contribution is -0.142. The highest BCUT2D eigenvalue weighted by atomic mass is 31.2. The monoisotopic (exact) mass is 861 g/mol. The average Bonchev–Trinajstić information content (AvgIpc) is 2.73. The summed E-state index contributed by atoms with van der Waals surface area (Å²) in [7, 11) is -15.8. The van der Waals surface area contributed by atoms with Gasteiger partial charge in [0.05, 0.1) is 38.8 Å². The van der Waals surface area contributed by atoms with E-state index >= 15 is 0 Å². The molecule has 51 heavy (non-hydrogen) atoms. The van der Waals surface area contributed by atoms with Crippen molar-refractivity contribution in [1.29, 1.82) is 0 Å². The Morgan fingerprint density at radius 3 is 1.02 bits per heavy atom. The summed E-state index contributed by atoms with van der Waals surface area (Å²) in [5.74, 6) is -4.95. The molecule has 0 aromatic carbocycles. The summed E-state index contributed by atoms with van der Waals surface area (Å²) in [4.78, 5) is 126. The van der Waals surface area contributed by atoms with E-state index in [0.29, 0.717) is 4.90 Å². The zero-order chi connectivity index (χ0) is 40.6. The third-order valence-electron chi connectivity index (χ3n) is 3.23. The zero-order valence-electron chi connectivity index (χ0n) is 26.0. The van der Waals surface area contributed by atoms with Gasteiger partial charge in [0, 0.05) is 0 Å². The number of hydrogen-bond donors (Lipinski definition) is 16. The van der Waals surface area contributed by atoms with E-state index in [2.05, 4.69) is 11.1 Å². The molecular formula is C18H52N5O23P5. The summed E-state index contributed by atoms with van der Waals surface area (Å²) >= 11 is 0. The predicted molar refractivity (Wildman–Crippen MR) is 179 cm³/mol. The van der Waals surface area contributed by atoms with Crippen molar-refractivity contribution in [1.82, 2.24) is 20.0 Å². The first-order chi connectivity index (χ1) is 21.4. The lowest BCUT2D eigenvalue weighted by Gasteiger charge is -2.17. The molecule has 0 rings (SSSR count). The molecule has 0 unspecified atom stereocenters. The minimum atomic E-state index is -4.44. The maximum Gasteiger partial charge on any atom is 0.339 e. The Morgan fingerprint density at radius 1 is 0.529 bits per heavy atom. The van der Waals surface area contributed by atoms with Crippen LogP contribution in [0.2, 0.25) is 0 Å². The summed E-state index contributed by atoms with van der Waals surface area (Å²) < 4.78 is 50.5. The highest BCUT2D eigenvalue weighted by Gasteiger charge is 2.23. The van der Waals surface area contributed by atoms with Crippen molar-refractivity contribution in [2.24, 2.45) is 5.73 Å². The molecule has 0 aromatic heterocycles. The molecule has 0 saturated carbocycles. The normalized spacial score (nSPS) is 11.4. The SMILES string of the molecule is C.C.CN(C)CP(=O)(O)O.CN(CC(=O)O)CP(=O)(O)O.NCP(=O)(O)O.O=C(O)CN(CC(=O)O)CP(=O)(O)O.O=C(O)CNCP(=O)(O)O. The van der Waals surface area contributed by atoms with E-state index in [-0.39, 0.29) is 27.7 Å². The minimum Gasteiger partial charge on any atom is -0.480 e. The number of nitrogens with one attached hydrogen (secondary N) is 1. The van der Waals surface area contributed by atoms with E-state index in [1.807, 2.05) is 0 Å². The molecule has 0 fully saturated rings. The van der Waals surface area contributed by atoms with Crippen molar-refractivity contribution in [3.63, 3.8) is 0 Å². The largest absolute Gasteiger partial charge is 0.480 e. The van der Waals surface area contributed by atoms with Crippen molar-refractivity contribution < 1.29 is 111 Å². The van der Waals surface area contributed by atoms with E-state index in [1.54, 1.807) is 14.1 Å². The summed E-state index contributed by atoms with van der Waals surface area (Å²) in [6.45, 7) is -2.26. The zero-order valence-corrected chi connectivity index (χ0v) is 30.4. The number of nitrogens with zero attached hydrogens (tertiary/aromatic N) is 3. The molecule has 33 heteroatoms. The highest BCUT2D eigenvalue weighted by Crippen LogP contribution is 2.35. The van der Waals surface area contributed by atoms with Gasteiger partial charge >= 0.3 is 61.9 Å². The highest BCUT2D eigenvalue weighted by molar-refractivity contribution is 7.52. The van der Waals surface area contributed by atoms with Gasteiger partial charge in [-0.05, 0) is 21.1 Å². The van der Waals surface area contributed by atoms with Gasteiger partial charge in [-0.1, -0.05) is 14.9 Å². The molecule has 0 radical (unpaired) electrons. The number of likely N-dealkylation sites (N-methyl/N-ethyl adjacent to an activating group) is 1. The molecule has 312 valence electrons. The van der Waals surface area contributed by atoms with Crippen molar-refractivity contribution in [3.05, 3.63) is 0 Å². The summed E-state index contributed by atoms with van der Waals surface area (Å²) in [5, 5.41) is 34.9. The Bertz CT molecular complexity index is 1210. The van der Waals surface area contributed by atoms with Crippen LogP contribution in [-0.2, 0) is 42.0 Å². The number of aliphatic carboxylic acids is 4. The molecule has 0 amide bonds. The van der Waals surface area contributed by atoms with E-state index < -0.39 is 107 Å². The maximum absolute atomic E-state index is 10.5. The van der Waals surface area contributed by atoms with Gasteiger partial charge in [0.15, 0.2) is 0 Å². The van der Waals surface area contributed by atoms with Crippen molar-refractivity contribution in [3.8, 4) is 0 Å². The van der Waals surface area contributed by atoms with Crippen LogP contribution in [0, 0.1) is 0 Å². The quantitative estimate of drug-likeness (QED) is 0.0633. The first-order valence-corrected chi connectivity index (χ1v) is 21.0. The second-order valence-corrected chi connectivity index (χ2v) is 17.3. The molecule has 0 aliphatic carbocycles. The van der Waals surface area contributed by atoms with Gasteiger partial charge in [0.25, 0.3) is 0 Å². The molecule has 17 N–H and O–H groups in total. The molecular weight excluding hydrogens is 809 g/mol. The Balaban J connectivity index is -0.0000000963. The van der Waals surface area contributed by atoms with Crippen LogP contribution in [0.25, 0.3) is 0 Å². The number of carboxylic acids is 4. The van der Waals surface area contributed by atoms with Crippen LogP contribution in [0.5, 0.6) is 0 Å². The first-order valence-electron chi connectivity index (χ1n) is 12.0. The second kappa shape index (κ2) is 30.8. The molecule has 0 bridgehead atoms. The fourth-order valence-corrected chi connectivity index (χ4v) is 4.66. The summed E-state index contributed by atoms with van der Waals surface area (Å²) in [6.07, 6.45) is -2.75. The number of carbonyl (C=O) groups is 4. The topological polar surface area (TPSA) is 485 Å². The first kappa shape index (κ1) is 64.4. The standard InChI is InChI=1S/C5H10NO7P.C4H10NO5P.C3H8NO5P.C3H10NO3P.CH6NO3P.2CH4/c7-4(8)1-6(2-5(9)10)3-14(11,12)13;1-5(2-4(6)7)3-11(8,9)10;5-3(6)1-4-2-10(7,8)9;1-4(2)3-8(5,6)7;2-1-6(3,4)5;;/h1-3H2,(H,7,8)(H,9,10)(H2,11,12,13);2-3H2,1H3,(H,6,7)(H2,8,9,10);4H,1-2H2,(H,5,6)(H2,7,8,9);3H2,1-2H3,(H2,5,6,7);1-2H2,(H2,3,4,5);2*1H4. The van der Waals surface area contributed by atoms with Crippen LogP contribution >= 0.6 is 38.0 Å². The van der Waals surface area contributed by atoms with Gasteiger partial charge < -0.3 is 75.1 Å². The third kappa shape index (κ3) is 83.2. The van der Waals surface area contributed by atoms with Gasteiger partial charge in [-0.15, -0.1) is 0 Å². The molecule has 28 nitrogen and oxygen atoms in total. The van der Waals surface area contributed by atoms with E-state index in [1.165, 1.54) is 11.9 Å². The summed E-state index contributed by atoms with van der Waals surface area (Å²) in [5.41, 5.74) is 4.54. The number of nitrogens with two attached hydrogens (primary N) is 1. The van der Waals surface area contributed by atoms with E-state index in [9.17, 15) is 42.0 Å². The molecule has 0 aliphatic heterocycles. The van der Waals surface area contributed by atoms with Gasteiger partial charge in [-0.3, -0.25) is 62.0 Å². The van der Waals surface area contributed by atoms with Crippen LogP contribution in [0.1, 0.15) is 14.9 Å². The fraction of sp³-hybridized carbons (Fsp3) is 0.778. The van der Waals surface area contributed by atoms with Gasteiger partial charge in [0.1, 0.15) is 18.9 Å². The van der Waals surface area contributed by atoms with E-state index in [4.69, 9.17) is 69.4 Å². The predicted octanol–water partition coefficient (Wildman–Crippen LogP) is -3.44. The lowest BCUT2D eigenvalue weighted by atomic mass is 10.5. The van der Waals surface area contributed by atoms with Gasteiger partial charge in [-0.2, -0.15) is 0 Å². The Morgan fingerprint density at radius 2 is 0.843 bits per heavy atom. The van der Waals surface area contributed by atoms with Crippen LogP contribution in [0.3, 0.4) is 0 Å². The minimum absolute atomic E-state index is 0. The maximum atomic E-state index is 10.5. The Kier molecular flexibility index (Phi) is 39.0. The third-order valence-corrected chi connectivity index (χ3v) is 6.90. The molecule has 0 aliphatic rings. The molecule has 0 spiro atoms. The van der Waals surface area contributed by atoms with Crippen molar-refractivity contribution in [2.45, 2.75) is 14.9 Å². The van der Waals surface area contributed by atoms with Gasteiger partial charge in [0.2, 0.25) is 0 Å². The molecule has 0 heterocycles. The van der Waals surface area contributed by atoms with Crippen LogP contribution < -0.4 is 11.1 Å². The van der Waals surface area contributed by atoms with Crippen molar-refractivity contribution in [2.75, 3.05) is 78.8 Å². The van der Waals surface area contributed by atoms with Crippen LogP contribution in [-0.4, -0.2) is 187 Å². The average molecular weight is 861 g/mol. The van der Waals surface area contributed by atoms with Crippen LogP contribution in [0.15, 0.2) is 0 Å². The van der Waals surface area contributed by atoms with Crippen molar-refractivity contribution >= 4 is 61.9 Å². The fourth-order valence-electron chi connectivity index (χ4n) is 2.07. The molecule has 0 atom stereocenters. The Labute approximate surface area is 292 Å². The lowest BCUT2D eigenvalue weighted by Crippen LogP contribution is -2.35. The van der Waals surface area contributed by atoms with E-state index in [0.717, 1.165) is 4.90 Å². The smallest absolute Gasteiger partial charge is 0.339 e. The van der Waals surface area contributed by atoms with Crippen LogP contribution in [0.4, 0.5) is 0 Å². The summed E-state index contributed by atoms with van der Waals surface area (Å²) in [6, 6.07) is 0. The number of hydrogen-bond acceptors (Lipinski definition) is 14. The number of carboxylic acid groups (broad SMARTS) is 4. The van der Waals surface area contributed by atoms with Gasteiger partial charge in [-0.25, -0.2) is 0 Å². The number of rotatable bonds is 17. The second-order valence-electron chi connectivity index (χ2n) is 9.17. The molecule has 0 aromatic rings. The molecule has 0 saturated heterocycles. The Hall–Kier alpha value is -1.57.